The summed E-state index contributed by atoms with van der Waals surface area (Å²) in [5.41, 5.74) is 3.35. The number of carboxylic acids is 1. The van der Waals surface area contributed by atoms with Gasteiger partial charge in [-0.25, -0.2) is 13.1 Å². The van der Waals surface area contributed by atoms with Crippen LogP contribution in [0, 0.1) is 11.8 Å². The zero-order valence-corrected chi connectivity index (χ0v) is 25.1. The maximum Gasteiger partial charge on any atom is 0.303 e. The molecule has 6 nitrogen and oxygen atoms in total. The van der Waals surface area contributed by atoms with Crippen LogP contribution in [0.2, 0.25) is 10.0 Å². The van der Waals surface area contributed by atoms with E-state index >= 15 is 0 Å². The number of hydrogen-bond donors (Lipinski definition) is 2. The molecule has 0 amide bonds. The Morgan fingerprint density at radius 2 is 1.63 bits per heavy atom. The Morgan fingerprint density at radius 1 is 0.927 bits per heavy atom. The van der Waals surface area contributed by atoms with Crippen LogP contribution in [0.25, 0.3) is 11.1 Å². The molecule has 41 heavy (non-hydrogen) atoms. The number of halogens is 2. The molecular weight excluding hydrogens is 581 g/mol. The minimum atomic E-state index is -3.79. The number of ether oxygens (including phenoxy) is 1. The maximum absolute atomic E-state index is 13.2. The predicted molar refractivity (Wildman–Crippen MR) is 162 cm³/mol. The Morgan fingerprint density at radius 3 is 2.34 bits per heavy atom. The summed E-state index contributed by atoms with van der Waals surface area (Å²) >= 11 is 12.1. The van der Waals surface area contributed by atoms with E-state index in [0.29, 0.717) is 18.1 Å². The maximum atomic E-state index is 13.2. The minimum Gasteiger partial charge on any atom is -0.481 e. The molecule has 1 saturated heterocycles. The summed E-state index contributed by atoms with van der Waals surface area (Å²) in [6.07, 6.45) is 5.36. The van der Waals surface area contributed by atoms with Gasteiger partial charge in [-0.3, -0.25) is 4.79 Å². The third-order valence-corrected chi connectivity index (χ3v) is 10.9. The molecule has 218 valence electrons. The predicted octanol–water partition coefficient (Wildman–Crippen LogP) is 7.34. The van der Waals surface area contributed by atoms with Gasteiger partial charge < -0.3 is 9.84 Å². The van der Waals surface area contributed by atoms with Crippen LogP contribution in [0.3, 0.4) is 0 Å². The molecule has 2 N–H and O–H groups in total. The second-order valence-corrected chi connectivity index (χ2v) is 13.8. The second kappa shape index (κ2) is 12.8. The number of unbranched alkanes of at least 4 members (excludes halogenated alkanes) is 3. The highest BCUT2D eigenvalue weighted by atomic mass is 35.5. The van der Waals surface area contributed by atoms with Gasteiger partial charge in [-0.1, -0.05) is 97.1 Å². The van der Waals surface area contributed by atoms with Crippen molar-refractivity contribution in [2.75, 3.05) is 13.2 Å². The van der Waals surface area contributed by atoms with Gasteiger partial charge in [0.2, 0.25) is 10.0 Å². The fraction of sp³-hybridized carbons (Fsp3) is 0.406. The average Bonchev–Trinajstić information content (AvgIpc) is 3.54. The molecule has 4 atom stereocenters. The van der Waals surface area contributed by atoms with Crippen LogP contribution < -0.4 is 4.72 Å². The Balaban J connectivity index is 1.35. The molecular formula is C32H35Cl2NO5S. The smallest absolute Gasteiger partial charge is 0.303 e. The van der Waals surface area contributed by atoms with E-state index in [9.17, 15) is 13.2 Å². The summed E-state index contributed by atoms with van der Waals surface area (Å²) in [4.78, 5) is 11.0. The van der Waals surface area contributed by atoms with Crippen molar-refractivity contribution < 1.29 is 23.1 Å². The molecule has 1 saturated carbocycles. The van der Waals surface area contributed by atoms with Crippen LogP contribution >= 0.6 is 23.2 Å². The molecule has 3 aromatic carbocycles. The monoisotopic (exact) mass is 615 g/mol. The molecule has 0 aromatic heterocycles. The van der Waals surface area contributed by atoms with E-state index in [1.165, 1.54) is 23.8 Å². The van der Waals surface area contributed by atoms with Crippen molar-refractivity contribution in [2.24, 2.45) is 11.8 Å². The van der Waals surface area contributed by atoms with Gasteiger partial charge in [0, 0.05) is 24.3 Å². The Hall–Kier alpha value is -2.42. The van der Waals surface area contributed by atoms with Gasteiger partial charge in [-0.15, -0.1) is 0 Å². The van der Waals surface area contributed by atoms with Gasteiger partial charge in [0.05, 0.1) is 27.7 Å². The number of rotatable bonds is 13. The molecule has 1 aliphatic carbocycles. The second-order valence-electron chi connectivity index (χ2n) is 11.2. The van der Waals surface area contributed by atoms with E-state index < -0.39 is 16.0 Å². The zero-order valence-electron chi connectivity index (χ0n) is 22.8. The van der Waals surface area contributed by atoms with Crippen molar-refractivity contribution in [1.82, 2.24) is 4.72 Å². The first-order valence-corrected chi connectivity index (χ1v) is 16.4. The van der Waals surface area contributed by atoms with Crippen molar-refractivity contribution in [1.29, 1.82) is 0 Å². The third kappa shape index (κ3) is 6.65. The van der Waals surface area contributed by atoms with Crippen LogP contribution in [-0.2, 0) is 25.0 Å². The number of carbonyl (C=O) groups is 1. The molecule has 2 fully saturated rings. The van der Waals surface area contributed by atoms with E-state index in [2.05, 4.69) is 41.1 Å². The van der Waals surface area contributed by atoms with E-state index in [4.69, 9.17) is 33.0 Å². The lowest BCUT2D eigenvalue weighted by molar-refractivity contribution is -0.137. The first-order valence-electron chi connectivity index (χ1n) is 14.1. The van der Waals surface area contributed by atoms with Crippen LogP contribution in [0.5, 0.6) is 0 Å². The fourth-order valence-electron chi connectivity index (χ4n) is 6.67. The molecule has 1 heterocycles. The van der Waals surface area contributed by atoms with Gasteiger partial charge >= 0.3 is 5.97 Å². The van der Waals surface area contributed by atoms with Crippen LogP contribution in [0.4, 0.5) is 0 Å². The van der Waals surface area contributed by atoms with Crippen molar-refractivity contribution in [3.63, 3.8) is 0 Å². The number of sulfonamides is 1. The summed E-state index contributed by atoms with van der Waals surface area (Å²) in [7, 11) is -3.79. The van der Waals surface area contributed by atoms with Gasteiger partial charge in [0.25, 0.3) is 0 Å². The van der Waals surface area contributed by atoms with Gasteiger partial charge in [-0.05, 0) is 60.1 Å². The number of benzene rings is 3. The van der Waals surface area contributed by atoms with E-state index in [1.807, 2.05) is 18.2 Å². The molecule has 3 aromatic rings. The summed E-state index contributed by atoms with van der Waals surface area (Å²) in [5, 5.41) is 9.45. The first kappa shape index (κ1) is 30.1. The minimum absolute atomic E-state index is 0.00844. The highest BCUT2D eigenvalue weighted by molar-refractivity contribution is 7.89. The summed E-state index contributed by atoms with van der Waals surface area (Å²) < 4.78 is 35.5. The number of carboxylic acid groups (broad SMARTS) is 1. The Kier molecular flexibility index (Phi) is 9.41. The van der Waals surface area contributed by atoms with Crippen molar-refractivity contribution in [2.45, 2.75) is 61.4 Å². The highest BCUT2D eigenvalue weighted by Crippen LogP contribution is 2.57. The molecule has 0 radical (unpaired) electrons. The number of hydrogen-bond acceptors (Lipinski definition) is 4. The topological polar surface area (TPSA) is 92.7 Å². The zero-order chi connectivity index (χ0) is 29.0. The van der Waals surface area contributed by atoms with Crippen molar-refractivity contribution in [3.05, 3.63) is 88.4 Å². The quantitative estimate of drug-likeness (QED) is 0.196. The van der Waals surface area contributed by atoms with Crippen LogP contribution in [0.1, 0.15) is 50.5 Å². The Bertz CT molecular complexity index is 1470. The highest BCUT2D eigenvalue weighted by Gasteiger charge is 2.59. The van der Waals surface area contributed by atoms with E-state index in [0.717, 1.165) is 43.2 Å². The lowest BCUT2D eigenvalue weighted by atomic mass is 9.68. The van der Waals surface area contributed by atoms with Crippen LogP contribution in [0.15, 0.2) is 77.7 Å². The van der Waals surface area contributed by atoms with Crippen molar-refractivity contribution >= 4 is 39.2 Å². The summed E-state index contributed by atoms with van der Waals surface area (Å²) in [6, 6.07) is 23.3. The third-order valence-electron chi connectivity index (χ3n) is 8.76. The summed E-state index contributed by atoms with van der Waals surface area (Å²) in [6.45, 7) is 0.878. The largest absolute Gasteiger partial charge is 0.481 e. The van der Waals surface area contributed by atoms with Crippen LogP contribution in [-0.4, -0.2) is 38.7 Å². The lowest BCUT2D eigenvalue weighted by Crippen LogP contribution is -2.44. The van der Waals surface area contributed by atoms with Gasteiger partial charge in [0.1, 0.15) is 0 Å². The number of aliphatic carboxylic acids is 1. The molecule has 5 rings (SSSR count). The van der Waals surface area contributed by atoms with E-state index in [1.54, 1.807) is 0 Å². The number of fused-ring (bicyclic) bond motifs is 2. The normalized spacial score (nSPS) is 23.6. The molecule has 1 aliphatic heterocycles. The van der Waals surface area contributed by atoms with Gasteiger partial charge in [-0.2, -0.15) is 0 Å². The average molecular weight is 617 g/mol. The van der Waals surface area contributed by atoms with E-state index in [-0.39, 0.29) is 46.2 Å². The molecule has 2 bridgehead atoms. The molecule has 9 heteroatoms. The summed E-state index contributed by atoms with van der Waals surface area (Å²) in [5.74, 6) is -0.531. The van der Waals surface area contributed by atoms with Gasteiger partial charge in [0.15, 0.2) is 0 Å². The standard InChI is InChI=1S/C32H35Cl2NO5S/c33-28-17-16-25(18-29(28)34)41(38,39)35-20-26-27(10-6-1-2-7-11-31(36)37)32(19-30(26)40-21-32)24-14-12-23(13-15-24)22-8-4-3-5-9-22/h3-5,8-9,12-18,26-27,30,35H,1-2,6-7,10-11,19-21H2,(H,36,37)/t26-,27-,30?,32?/m0/s1. The number of nitrogens with one attached hydrogen (secondary N) is 1. The lowest BCUT2D eigenvalue weighted by Gasteiger charge is -2.40. The molecule has 2 aliphatic rings. The Labute approximate surface area is 252 Å². The molecule has 0 spiro atoms. The fourth-order valence-corrected chi connectivity index (χ4v) is 8.13. The molecule has 2 unspecified atom stereocenters. The van der Waals surface area contributed by atoms with Crippen molar-refractivity contribution in [3.8, 4) is 11.1 Å². The SMILES string of the molecule is O=C(O)CCCCCC[C@H]1[C@H](CNS(=O)(=O)c2ccc(Cl)c(Cl)c2)C2CC1(c1ccc(-c3ccccc3)cc1)CO2. The first-order chi connectivity index (χ1) is 19.7.